The number of benzene rings is 2. The van der Waals surface area contributed by atoms with E-state index in [-0.39, 0.29) is 0 Å². The summed E-state index contributed by atoms with van der Waals surface area (Å²) in [6.45, 7) is 8.68. The highest BCUT2D eigenvalue weighted by atomic mass is 28.2. The molecule has 3 nitrogen and oxygen atoms in total. The maximum absolute atomic E-state index is 6.11. The molecule has 0 radical (unpaired) electrons. The first-order chi connectivity index (χ1) is 12.1. The van der Waals surface area contributed by atoms with Crippen LogP contribution in [-0.4, -0.2) is 30.9 Å². The molecule has 25 heavy (non-hydrogen) atoms. The van der Waals surface area contributed by atoms with Crippen molar-refractivity contribution in [1.29, 1.82) is 0 Å². The van der Waals surface area contributed by atoms with Gasteiger partial charge in [-0.15, -0.1) is 0 Å². The van der Waals surface area contributed by atoms with Gasteiger partial charge in [0.05, 0.1) is 0 Å². The summed E-state index contributed by atoms with van der Waals surface area (Å²) in [7, 11) is -1.34. The van der Waals surface area contributed by atoms with Gasteiger partial charge in [0, 0.05) is 11.3 Å². The minimum atomic E-state index is -0.672. The number of hydrogen-bond acceptors (Lipinski definition) is 3. The quantitative estimate of drug-likeness (QED) is 0.650. The normalized spacial score (nSPS) is 14.2. The van der Waals surface area contributed by atoms with Crippen molar-refractivity contribution in [2.24, 2.45) is 0 Å². The predicted molar refractivity (Wildman–Crippen MR) is 112 cm³/mol. The lowest BCUT2D eigenvalue weighted by Crippen LogP contribution is -2.47. The van der Waals surface area contributed by atoms with Crippen LogP contribution in [0.25, 0.3) is 0 Å². The molecule has 0 heterocycles. The zero-order valence-corrected chi connectivity index (χ0v) is 18.7. The Hall–Kier alpha value is -1.57. The minimum Gasteiger partial charge on any atom is -0.548 e. The van der Waals surface area contributed by atoms with Crippen LogP contribution < -0.4 is 14.2 Å². The fourth-order valence-corrected chi connectivity index (χ4v) is 5.52. The Bertz CT molecular complexity index is 596. The van der Waals surface area contributed by atoms with E-state index < -0.39 is 19.5 Å². The van der Waals surface area contributed by atoms with Gasteiger partial charge >= 0.3 is 0 Å². The molecule has 1 N–H and O–H groups in total. The first kappa shape index (κ1) is 19.8. The second-order valence-electron chi connectivity index (χ2n) is 6.63. The van der Waals surface area contributed by atoms with E-state index in [1.54, 1.807) is 0 Å². The third kappa shape index (κ3) is 7.06. The predicted octanol–water partition coefficient (Wildman–Crippen LogP) is 2.99. The smallest absolute Gasteiger partial charge is 0.236 e. The van der Waals surface area contributed by atoms with Gasteiger partial charge in [0.15, 0.2) is 0 Å². The van der Waals surface area contributed by atoms with E-state index in [1.807, 2.05) is 0 Å². The molecule has 0 spiro atoms. The lowest BCUT2D eigenvalue weighted by Gasteiger charge is -2.24. The summed E-state index contributed by atoms with van der Waals surface area (Å²) in [6, 6.07) is 16.7. The van der Waals surface area contributed by atoms with Crippen LogP contribution >= 0.6 is 0 Å². The molecule has 0 saturated carbocycles. The van der Waals surface area contributed by atoms with Crippen LogP contribution in [0.15, 0.2) is 48.5 Å². The summed E-state index contributed by atoms with van der Waals surface area (Å²) in [4.78, 5) is 0. The van der Waals surface area contributed by atoms with E-state index in [9.17, 15) is 0 Å². The van der Waals surface area contributed by atoms with E-state index >= 15 is 0 Å². The molecule has 2 atom stereocenters. The third-order valence-corrected chi connectivity index (χ3v) is 7.77. The first-order valence-corrected chi connectivity index (χ1v) is 12.0. The van der Waals surface area contributed by atoms with Gasteiger partial charge in [0.2, 0.25) is 19.5 Å². The number of rotatable bonds is 10. The fraction of sp³-hybridized carbons (Fsp3) is 0.400. The van der Waals surface area contributed by atoms with E-state index in [4.69, 9.17) is 8.85 Å². The molecule has 2 unspecified atom stereocenters. The van der Waals surface area contributed by atoms with Gasteiger partial charge in [-0.3, -0.25) is 0 Å². The van der Waals surface area contributed by atoms with Crippen molar-refractivity contribution in [3.05, 3.63) is 59.7 Å². The van der Waals surface area contributed by atoms with Crippen LogP contribution in [0.2, 0.25) is 0 Å². The van der Waals surface area contributed by atoms with Crippen molar-refractivity contribution in [3.63, 3.8) is 0 Å². The lowest BCUT2D eigenvalue weighted by molar-refractivity contribution is 0.482. The topological polar surface area (TPSA) is 30.5 Å². The maximum Gasteiger partial charge on any atom is 0.236 e. The average molecular weight is 374 g/mol. The van der Waals surface area contributed by atoms with Crippen LogP contribution in [0, 0.1) is 13.8 Å². The summed E-state index contributed by atoms with van der Waals surface area (Å²) < 4.78 is 12.2. The highest BCUT2D eigenvalue weighted by molar-refractivity contribution is 6.33. The van der Waals surface area contributed by atoms with Gasteiger partial charge in [-0.25, -0.2) is 0 Å². The highest BCUT2D eigenvalue weighted by Gasteiger charge is 2.16. The standard InChI is InChI=1S/C20H31NO2Si2/c1-5-19(24-22-17-11-7-9-15(3)13-17)21-20(6-2)25-23-18-12-8-10-16(4)14-18/h7-14,19-21H,5-6,24-25H2,1-4H3. The Morgan fingerprint density at radius 3 is 1.60 bits per heavy atom. The van der Waals surface area contributed by atoms with Crippen LogP contribution in [0.5, 0.6) is 11.5 Å². The Balaban J connectivity index is 1.82. The molecule has 0 fully saturated rings. The van der Waals surface area contributed by atoms with Crippen LogP contribution in [-0.2, 0) is 0 Å². The Labute approximate surface area is 157 Å². The molecule has 0 aromatic heterocycles. The molecule has 0 aliphatic rings. The van der Waals surface area contributed by atoms with E-state index in [0.717, 1.165) is 24.3 Å². The summed E-state index contributed by atoms with van der Waals surface area (Å²) in [6.07, 6.45) is 2.21. The summed E-state index contributed by atoms with van der Waals surface area (Å²) in [5.41, 5.74) is 3.47. The molecular formula is C20H31NO2Si2. The zero-order chi connectivity index (χ0) is 18.1. The van der Waals surface area contributed by atoms with Gasteiger partial charge in [-0.1, -0.05) is 38.1 Å². The zero-order valence-electron chi connectivity index (χ0n) is 15.9. The summed E-state index contributed by atoms with van der Waals surface area (Å²) >= 11 is 0. The SMILES string of the molecule is CCC(NC(CC)[SiH2]Oc1cccc(C)c1)[SiH2]Oc1cccc(C)c1. The van der Waals surface area contributed by atoms with Gasteiger partial charge in [0.25, 0.3) is 0 Å². The molecule has 0 aliphatic heterocycles. The molecule has 0 saturated heterocycles. The molecule has 2 rings (SSSR count). The second-order valence-corrected chi connectivity index (χ2v) is 9.85. The highest BCUT2D eigenvalue weighted by Crippen LogP contribution is 2.14. The van der Waals surface area contributed by atoms with Crippen molar-refractivity contribution in [1.82, 2.24) is 5.32 Å². The molecular weight excluding hydrogens is 342 g/mol. The molecule has 0 amide bonds. The van der Waals surface area contributed by atoms with Gasteiger partial charge < -0.3 is 14.2 Å². The Kier molecular flexibility index (Phi) is 8.24. The van der Waals surface area contributed by atoms with Crippen LogP contribution in [0.3, 0.4) is 0 Å². The van der Waals surface area contributed by atoms with Crippen molar-refractivity contribution in [3.8, 4) is 11.5 Å². The minimum absolute atomic E-state index is 0.485. The van der Waals surface area contributed by atoms with Gasteiger partial charge in [0.1, 0.15) is 11.5 Å². The number of nitrogens with one attached hydrogen (secondary N) is 1. The molecule has 5 heteroatoms. The van der Waals surface area contributed by atoms with Gasteiger partial charge in [-0.05, 0) is 62.1 Å². The van der Waals surface area contributed by atoms with Crippen molar-refractivity contribution in [2.75, 3.05) is 0 Å². The van der Waals surface area contributed by atoms with E-state index in [2.05, 4.69) is 81.5 Å². The number of aryl methyl sites for hydroxylation is 2. The van der Waals surface area contributed by atoms with Crippen LogP contribution in [0.4, 0.5) is 0 Å². The second kappa shape index (κ2) is 10.4. The van der Waals surface area contributed by atoms with Crippen molar-refractivity contribution >= 4 is 19.5 Å². The molecule has 2 aromatic carbocycles. The Morgan fingerprint density at radius 2 is 1.24 bits per heavy atom. The van der Waals surface area contributed by atoms with Crippen LogP contribution in [0.1, 0.15) is 37.8 Å². The van der Waals surface area contributed by atoms with Crippen molar-refractivity contribution in [2.45, 2.75) is 51.9 Å². The van der Waals surface area contributed by atoms with Gasteiger partial charge in [-0.2, -0.15) is 0 Å². The monoisotopic (exact) mass is 373 g/mol. The molecule has 0 aliphatic carbocycles. The van der Waals surface area contributed by atoms with E-state index in [1.165, 1.54) is 11.1 Å². The summed E-state index contributed by atoms with van der Waals surface area (Å²) in [5.74, 6) is 2.02. The molecule has 136 valence electrons. The Morgan fingerprint density at radius 1 is 0.800 bits per heavy atom. The third-order valence-electron chi connectivity index (χ3n) is 4.34. The largest absolute Gasteiger partial charge is 0.548 e. The fourth-order valence-electron chi connectivity index (χ4n) is 2.70. The van der Waals surface area contributed by atoms with Crippen molar-refractivity contribution < 1.29 is 8.85 Å². The maximum atomic E-state index is 6.11. The summed E-state index contributed by atoms with van der Waals surface area (Å²) in [5, 5.41) is 3.80. The molecule has 2 aromatic rings. The molecule has 0 bridgehead atoms. The van der Waals surface area contributed by atoms with E-state index in [0.29, 0.717) is 11.3 Å². The first-order valence-electron chi connectivity index (χ1n) is 9.25. The average Bonchev–Trinajstić information content (AvgIpc) is 2.61. The lowest BCUT2D eigenvalue weighted by atomic mass is 10.2. The number of hydrogen-bond donors (Lipinski definition) is 1.